The number of hydrogen-bond acceptors (Lipinski definition) is 2. The molecule has 0 bridgehead atoms. The summed E-state index contributed by atoms with van der Waals surface area (Å²) in [6.45, 7) is 0. The quantitative estimate of drug-likeness (QED) is 0.702. The molecule has 1 aliphatic carbocycles. The summed E-state index contributed by atoms with van der Waals surface area (Å²) in [6.07, 6.45) is 12.5. The van der Waals surface area contributed by atoms with Crippen LogP contribution in [-0.4, -0.2) is 4.98 Å². The first kappa shape index (κ1) is 13.9. The van der Waals surface area contributed by atoms with Crippen molar-refractivity contribution in [3.05, 3.63) is 108 Å². The lowest BCUT2D eigenvalue weighted by Crippen LogP contribution is -2.29. The first-order valence-electron chi connectivity index (χ1n) is 8.38. The second kappa shape index (κ2) is 5.56. The Hall–Kier alpha value is -3.46. The van der Waals surface area contributed by atoms with Gasteiger partial charge in [0.05, 0.1) is 11.4 Å². The summed E-state index contributed by atoms with van der Waals surface area (Å²) in [7, 11) is 0. The third kappa shape index (κ3) is 2.29. The number of aromatic nitrogens is 1. The molecule has 3 heteroatoms. The van der Waals surface area contributed by atoms with Crippen LogP contribution in [0.4, 0.5) is 5.69 Å². The zero-order valence-electron chi connectivity index (χ0n) is 13.6. The normalized spacial score (nSPS) is 16.0. The van der Waals surface area contributed by atoms with Crippen molar-refractivity contribution in [1.82, 2.24) is 10.4 Å². The average molecular weight is 323 g/mol. The Morgan fingerprint density at radius 2 is 1.68 bits per heavy atom. The fourth-order valence-corrected chi connectivity index (χ4v) is 3.42. The Morgan fingerprint density at radius 3 is 2.52 bits per heavy atom. The lowest BCUT2D eigenvalue weighted by Gasteiger charge is -2.23. The van der Waals surface area contributed by atoms with E-state index < -0.39 is 0 Å². The van der Waals surface area contributed by atoms with E-state index >= 15 is 0 Å². The van der Waals surface area contributed by atoms with Crippen molar-refractivity contribution in [1.29, 1.82) is 0 Å². The minimum Gasteiger partial charge on any atom is -0.361 e. The molecule has 5 rings (SSSR count). The van der Waals surface area contributed by atoms with E-state index in [0.29, 0.717) is 0 Å². The third-order valence-electron chi connectivity index (χ3n) is 4.63. The van der Waals surface area contributed by atoms with Gasteiger partial charge in [-0.3, -0.25) is 5.01 Å². The minimum atomic E-state index is 1.12. The Labute approximate surface area is 146 Å². The highest BCUT2D eigenvalue weighted by Gasteiger charge is 2.25. The molecule has 25 heavy (non-hydrogen) atoms. The van der Waals surface area contributed by atoms with Crippen molar-refractivity contribution in [2.75, 3.05) is 5.01 Å². The van der Waals surface area contributed by atoms with Crippen molar-refractivity contribution in [2.24, 2.45) is 0 Å². The highest BCUT2D eigenvalue weighted by molar-refractivity contribution is 5.92. The maximum Gasteiger partial charge on any atom is 0.0796 e. The molecule has 2 aromatic carbocycles. The van der Waals surface area contributed by atoms with Crippen LogP contribution in [0, 0.1) is 0 Å². The summed E-state index contributed by atoms with van der Waals surface area (Å²) in [6, 6.07) is 19.0. The first-order valence-corrected chi connectivity index (χ1v) is 8.38. The molecule has 0 saturated heterocycles. The van der Waals surface area contributed by atoms with E-state index in [4.69, 9.17) is 0 Å². The van der Waals surface area contributed by atoms with Crippen LogP contribution in [0.5, 0.6) is 0 Å². The number of fused-ring (bicyclic) bond motifs is 1. The SMILES string of the molecule is C1=CC(=C2C(c3ccc4[nH]ccc4c3)=CNN2c2ccccc2)C=C1. The number of aromatic amines is 1. The number of hydrogen-bond donors (Lipinski definition) is 2. The van der Waals surface area contributed by atoms with Gasteiger partial charge in [0.1, 0.15) is 0 Å². The van der Waals surface area contributed by atoms with Crippen LogP contribution < -0.4 is 10.4 Å². The van der Waals surface area contributed by atoms with E-state index in [-0.39, 0.29) is 0 Å². The number of rotatable bonds is 2. The van der Waals surface area contributed by atoms with Crippen LogP contribution in [0.15, 0.2) is 103 Å². The average Bonchev–Trinajstić information content (AvgIpc) is 3.40. The Bertz CT molecular complexity index is 1050. The van der Waals surface area contributed by atoms with Crippen molar-refractivity contribution in [3.63, 3.8) is 0 Å². The molecular formula is C22H17N3. The topological polar surface area (TPSA) is 31.1 Å². The predicted octanol–water partition coefficient (Wildman–Crippen LogP) is 4.91. The number of nitrogens with one attached hydrogen (secondary N) is 2. The maximum atomic E-state index is 3.43. The molecule has 2 aliphatic rings. The Balaban J connectivity index is 1.65. The fraction of sp³-hybridized carbons (Fsp3) is 0. The molecule has 0 fully saturated rings. The lowest BCUT2D eigenvalue weighted by molar-refractivity contribution is 0.889. The molecule has 0 atom stereocenters. The molecule has 0 radical (unpaired) electrons. The largest absolute Gasteiger partial charge is 0.361 e. The van der Waals surface area contributed by atoms with Crippen LogP contribution in [0.1, 0.15) is 5.56 Å². The van der Waals surface area contributed by atoms with Gasteiger partial charge < -0.3 is 10.4 Å². The van der Waals surface area contributed by atoms with E-state index in [1.165, 1.54) is 27.8 Å². The van der Waals surface area contributed by atoms with Gasteiger partial charge in [-0.25, -0.2) is 0 Å². The summed E-state index contributed by atoms with van der Waals surface area (Å²) in [4.78, 5) is 3.26. The zero-order valence-corrected chi connectivity index (χ0v) is 13.6. The Kier molecular flexibility index (Phi) is 3.10. The van der Waals surface area contributed by atoms with E-state index in [0.717, 1.165) is 11.2 Å². The van der Waals surface area contributed by atoms with Gasteiger partial charge >= 0.3 is 0 Å². The smallest absolute Gasteiger partial charge is 0.0796 e. The zero-order chi connectivity index (χ0) is 16.6. The molecule has 120 valence electrons. The highest BCUT2D eigenvalue weighted by Crippen LogP contribution is 2.37. The molecular weight excluding hydrogens is 306 g/mol. The first-order chi connectivity index (χ1) is 12.4. The van der Waals surface area contributed by atoms with Gasteiger partial charge in [0.2, 0.25) is 0 Å². The molecule has 0 unspecified atom stereocenters. The van der Waals surface area contributed by atoms with Crippen molar-refractivity contribution in [3.8, 4) is 0 Å². The van der Waals surface area contributed by atoms with Gasteiger partial charge in [-0.2, -0.15) is 0 Å². The third-order valence-corrected chi connectivity index (χ3v) is 4.63. The number of nitrogens with zero attached hydrogens (tertiary/aromatic N) is 1. The van der Waals surface area contributed by atoms with E-state index in [1.54, 1.807) is 0 Å². The van der Waals surface area contributed by atoms with Gasteiger partial charge in [-0.15, -0.1) is 0 Å². The van der Waals surface area contributed by atoms with E-state index in [2.05, 4.69) is 94.5 Å². The van der Waals surface area contributed by atoms with Crippen LogP contribution in [0.3, 0.4) is 0 Å². The molecule has 1 aromatic heterocycles. The van der Waals surface area contributed by atoms with Gasteiger partial charge in [0, 0.05) is 29.1 Å². The number of anilines is 1. The molecule has 1 aliphatic heterocycles. The van der Waals surface area contributed by atoms with Crippen molar-refractivity contribution < 1.29 is 0 Å². The summed E-state index contributed by atoms with van der Waals surface area (Å²) < 4.78 is 0. The van der Waals surface area contributed by atoms with Crippen molar-refractivity contribution >= 4 is 22.2 Å². The van der Waals surface area contributed by atoms with Gasteiger partial charge in [0.25, 0.3) is 0 Å². The lowest BCUT2D eigenvalue weighted by atomic mass is 9.99. The number of para-hydroxylation sites is 1. The van der Waals surface area contributed by atoms with Crippen LogP contribution in [0.2, 0.25) is 0 Å². The molecule has 0 spiro atoms. The molecule has 2 heterocycles. The van der Waals surface area contributed by atoms with Gasteiger partial charge in [-0.1, -0.05) is 48.6 Å². The summed E-state index contributed by atoms with van der Waals surface area (Å²) in [5.74, 6) is 0. The monoisotopic (exact) mass is 323 g/mol. The molecule has 0 saturated carbocycles. The fourth-order valence-electron chi connectivity index (χ4n) is 3.42. The molecule has 0 amide bonds. The number of allylic oxidation sites excluding steroid dienone is 6. The van der Waals surface area contributed by atoms with E-state index in [1.807, 2.05) is 12.3 Å². The van der Waals surface area contributed by atoms with Crippen LogP contribution >= 0.6 is 0 Å². The summed E-state index contributed by atoms with van der Waals surface area (Å²) in [5.41, 5.74) is 10.5. The summed E-state index contributed by atoms with van der Waals surface area (Å²) >= 11 is 0. The van der Waals surface area contributed by atoms with Gasteiger partial charge in [0.15, 0.2) is 0 Å². The molecule has 2 N–H and O–H groups in total. The van der Waals surface area contributed by atoms with Gasteiger partial charge in [-0.05, 0) is 41.3 Å². The molecule has 3 aromatic rings. The number of hydrazine groups is 1. The standard InChI is InChI=1S/C22H17N3/c1-2-8-19(9-3-1)25-22(16-6-4-5-7-16)20(15-24-25)17-10-11-21-18(14-17)12-13-23-21/h1-15,23-24H. The van der Waals surface area contributed by atoms with E-state index in [9.17, 15) is 0 Å². The number of benzene rings is 2. The Morgan fingerprint density at radius 1 is 0.840 bits per heavy atom. The highest BCUT2D eigenvalue weighted by atomic mass is 15.5. The summed E-state index contributed by atoms with van der Waals surface area (Å²) in [5, 5.41) is 3.37. The van der Waals surface area contributed by atoms with Crippen LogP contribution in [0.25, 0.3) is 16.5 Å². The predicted molar refractivity (Wildman–Crippen MR) is 104 cm³/mol. The second-order valence-corrected chi connectivity index (χ2v) is 6.16. The minimum absolute atomic E-state index is 1.12. The van der Waals surface area contributed by atoms with Crippen molar-refractivity contribution in [2.45, 2.75) is 0 Å². The van der Waals surface area contributed by atoms with Crippen LogP contribution in [-0.2, 0) is 0 Å². The second-order valence-electron chi connectivity index (χ2n) is 6.16. The maximum absolute atomic E-state index is 3.43. The molecule has 3 nitrogen and oxygen atoms in total. The number of H-pyrrole nitrogens is 1.